The standard InChI is InChI=1S/C13H11N7O2/c1-19-12(21)4-3-9(18-19)13(22)17-10-7-11(15-8-14-10)20-6-2-5-16-20/h2-8H,1H3,(H,14,15,17,22). The van der Waals surface area contributed by atoms with Crippen molar-refractivity contribution in [3.63, 3.8) is 0 Å². The van der Waals surface area contributed by atoms with E-state index in [1.54, 1.807) is 29.2 Å². The first-order valence-corrected chi connectivity index (χ1v) is 6.31. The van der Waals surface area contributed by atoms with Gasteiger partial charge in [0.15, 0.2) is 5.82 Å². The highest BCUT2D eigenvalue weighted by molar-refractivity contribution is 6.02. The van der Waals surface area contributed by atoms with Crippen molar-refractivity contribution in [1.29, 1.82) is 0 Å². The zero-order valence-electron chi connectivity index (χ0n) is 11.5. The van der Waals surface area contributed by atoms with Gasteiger partial charge in [-0.15, -0.1) is 0 Å². The van der Waals surface area contributed by atoms with Gasteiger partial charge in [0.25, 0.3) is 11.5 Å². The van der Waals surface area contributed by atoms with Crippen LogP contribution in [0.2, 0.25) is 0 Å². The van der Waals surface area contributed by atoms with Gasteiger partial charge in [-0.25, -0.2) is 19.3 Å². The van der Waals surface area contributed by atoms with E-state index >= 15 is 0 Å². The molecule has 0 saturated carbocycles. The summed E-state index contributed by atoms with van der Waals surface area (Å²) >= 11 is 0. The van der Waals surface area contributed by atoms with Gasteiger partial charge in [-0.05, 0) is 12.1 Å². The Balaban J connectivity index is 1.83. The quantitative estimate of drug-likeness (QED) is 0.729. The van der Waals surface area contributed by atoms with Crippen LogP contribution in [-0.2, 0) is 7.05 Å². The Morgan fingerprint density at radius 2 is 2.14 bits per heavy atom. The Bertz CT molecular complexity index is 870. The normalized spacial score (nSPS) is 10.4. The fourth-order valence-electron chi connectivity index (χ4n) is 1.75. The maximum atomic E-state index is 12.1. The number of hydrogen-bond acceptors (Lipinski definition) is 6. The molecule has 9 nitrogen and oxygen atoms in total. The van der Waals surface area contributed by atoms with Crippen molar-refractivity contribution in [2.45, 2.75) is 0 Å². The molecule has 3 heterocycles. The molecule has 9 heteroatoms. The molecule has 110 valence electrons. The third-order valence-corrected chi connectivity index (χ3v) is 2.83. The molecule has 0 aromatic carbocycles. The number of carbonyl (C=O) groups is 1. The second-order valence-electron chi connectivity index (χ2n) is 4.35. The molecule has 0 unspecified atom stereocenters. The number of nitrogens with one attached hydrogen (secondary N) is 1. The van der Waals surface area contributed by atoms with Gasteiger partial charge in [0.1, 0.15) is 17.8 Å². The van der Waals surface area contributed by atoms with Crippen molar-refractivity contribution in [1.82, 2.24) is 29.5 Å². The summed E-state index contributed by atoms with van der Waals surface area (Å²) in [6.07, 6.45) is 4.66. The van der Waals surface area contributed by atoms with Gasteiger partial charge in [-0.2, -0.15) is 10.2 Å². The molecule has 0 radical (unpaired) electrons. The van der Waals surface area contributed by atoms with Crippen LogP contribution in [0.4, 0.5) is 5.82 Å². The van der Waals surface area contributed by atoms with Crippen LogP contribution in [-0.4, -0.2) is 35.4 Å². The number of carbonyl (C=O) groups excluding carboxylic acids is 1. The van der Waals surface area contributed by atoms with Gasteiger partial charge in [-0.3, -0.25) is 9.59 Å². The van der Waals surface area contributed by atoms with Gasteiger partial charge in [-0.1, -0.05) is 0 Å². The minimum absolute atomic E-state index is 0.112. The molecule has 3 rings (SSSR count). The lowest BCUT2D eigenvalue weighted by Gasteiger charge is -2.06. The predicted molar refractivity (Wildman–Crippen MR) is 76.6 cm³/mol. The monoisotopic (exact) mass is 297 g/mol. The lowest BCUT2D eigenvalue weighted by molar-refractivity contribution is 0.101. The van der Waals surface area contributed by atoms with Gasteiger partial charge < -0.3 is 5.32 Å². The average Bonchev–Trinajstić information content (AvgIpc) is 3.04. The Morgan fingerprint density at radius 1 is 1.27 bits per heavy atom. The van der Waals surface area contributed by atoms with E-state index in [0.717, 1.165) is 4.68 Å². The van der Waals surface area contributed by atoms with Gasteiger partial charge in [0.2, 0.25) is 0 Å². The number of hydrogen-bond donors (Lipinski definition) is 1. The third-order valence-electron chi connectivity index (χ3n) is 2.83. The SMILES string of the molecule is Cn1nc(C(=O)Nc2cc(-n3cccn3)ncn2)ccc1=O. The Labute approximate surface area is 124 Å². The molecule has 0 fully saturated rings. The Hall–Kier alpha value is -3.36. The number of nitrogens with zero attached hydrogens (tertiary/aromatic N) is 6. The fraction of sp³-hybridized carbons (Fsp3) is 0.0769. The molecule has 3 aromatic heterocycles. The van der Waals surface area contributed by atoms with E-state index in [4.69, 9.17) is 0 Å². The van der Waals surface area contributed by atoms with Crippen LogP contribution in [0.25, 0.3) is 5.82 Å². The summed E-state index contributed by atoms with van der Waals surface area (Å²) < 4.78 is 2.63. The first kappa shape index (κ1) is 13.6. The van der Waals surface area contributed by atoms with E-state index < -0.39 is 5.91 Å². The van der Waals surface area contributed by atoms with Crippen molar-refractivity contribution in [3.05, 3.63) is 59.0 Å². The second-order valence-corrected chi connectivity index (χ2v) is 4.35. The summed E-state index contributed by atoms with van der Waals surface area (Å²) in [5, 5.41) is 10.5. The smallest absolute Gasteiger partial charge is 0.277 e. The molecule has 0 aliphatic carbocycles. The molecule has 0 atom stereocenters. The first-order chi connectivity index (χ1) is 10.6. The lowest BCUT2D eigenvalue weighted by atomic mass is 10.3. The molecule has 22 heavy (non-hydrogen) atoms. The maximum absolute atomic E-state index is 12.1. The average molecular weight is 297 g/mol. The largest absolute Gasteiger partial charge is 0.305 e. The van der Waals surface area contributed by atoms with Gasteiger partial charge >= 0.3 is 0 Å². The van der Waals surface area contributed by atoms with E-state index in [2.05, 4.69) is 25.5 Å². The highest BCUT2D eigenvalue weighted by Crippen LogP contribution is 2.08. The number of aryl methyl sites for hydroxylation is 1. The molecule has 0 aliphatic heterocycles. The van der Waals surface area contributed by atoms with Crippen molar-refractivity contribution < 1.29 is 4.79 Å². The third kappa shape index (κ3) is 2.73. The molecule has 3 aromatic rings. The summed E-state index contributed by atoms with van der Waals surface area (Å²) in [6, 6.07) is 5.96. The minimum atomic E-state index is -0.472. The fourth-order valence-corrected chi connectivity index (χ4v) is 1.75. The summed E-state index contributed by atoms with van der Waals surface area (Å²) in [7, 11) is 1.47. The second kappa shape index (κ2) is 5.56. The van der Waals surface area contributed by atoms with E-state index in [1.165, 1.54) is 25.5 Å². The first-order valence-electron chi connectivity index (χ1n) is 6.31. The Morgan fingerprint density at radius 3 is 2.86 bits per heavy atom. The van der Waals surface area contributed by atoms with Crippen LogP contribution >= 0.6 is 0 Å². The molecule has 0 bridgehead atoms. The van der Waals surface area contributed by atoms with Gasteiger partial charge in [0, 0.05) is 31.6 Å². The highest BCUT2D eigenvalue weighted by atomic mass is 16.2. The van der Waals surface area contributed by atoms with E-state index in [1.807, 2.05) is 0 Å². The summed E-state index contributed by atoms with van der Waals surface area (Å²) in [5.41, 5.74) is -0.180. The van der Waals surface area contributed by atoms with Crippen molar-refractivity contribution >= 4 is 11.7 Å². The Kier molecular flexibility index (Phi) is 3.44. The predicted octanol–water partition coefficient (Wildman–Crippen LogP) is 0.00830. The van der Waals surface area contributed by atoms with E-state index in [0.29, 0.717) is 11.6 Å². The van der Waals surface area contributed by atoms with Crippen LogP contribution in [0, 0.1) is 0 Å². The molecule has 0 saturated heterocycles. The maximum Gasteiger partial charge on any atom is 0.277 e. The van der Waals surface area contributed by atoms with E-state index in [-0.39, 0.29) is 11.3 Å². The topological polar surface area (TPSA) is 108 Å². The van der Waals surface area contributed by atoms with Crippen molar-refractivity contribution in [3.8, 4) is 5.82 Å². The van der Waals surface area contributed by atoms with E-state index in [9.17, 15) is 9.59 Å². The number of amides is 1. The zero-order chi connectivity index (χ0) is 15.5. The molecule has 1 N–H and O–H groups in total. The summed E-state index contributed by atoms with van der Waals surface area (Å²) in [5.74, 6) is 0.352. The molecule has 0 spiro atoms. The molecular formula is C13H11N7O2. The highest BCUT2D eigenvalue weighted by Gasteiger charge is 2.10. The number of rotatable bonds is 3. The van der Waals surface area contributed by atoms with Crippen molar-refractivity contribution in [2.24, 2.45) is 7.05 Å². The van der Waals surface area contributed by atoms with Crippen LogP contribution in [0.5, 0.6) is 0 Å². The summed E-state index contributed by atoms with van der Waals surface area (Å²) in [6.45, 7) is 0. The van der Waals surface area contributed by atoms with Gasteiger partial charge in [0.05, 0.1) is 0 Å². The number of anilines is 1. The molecule has 1 amide bonds. The minimum Gasteiger partial charge on any atom is -0.305 e. The summed E-state index contributed by atoms with van der Waals surface area (Å²) in [4.78, 5) is 31.4. The number of aromatic nitrogens is 6. The lowest BCUT2D eigenvalue weighted by Crippen LogP contribution is -2.23. The molecular weight excluding hydrogens is 286 g/mol. The van der Waals surface area contributed by atoms with Crippen LogP contribution in [0.15, 0.2) is 47.8 Å². The van der Waals surface area contributed by atoms with Crippen LogP contribution in [0.1, 0.15) is 10.5 Å². The van der Waals surface area contributed by atoms with Crippen LogP contribution < -0.4 is 10.9 Å². The zero-order valence-corrected chi connectivity index (χ0v) is 11.5. The molecule has 0 aliphatic rings. The van der Waals surface area contributed by atoms with Crippen molar-refractivity contribution in [2.75, 3.05) is 5.32 Å². The van der Waals surface area contributed by atoms with Crippen LogP contribution in [0.3, 0.4) is 0 Å².